The monoisotopic (exact) mass is 405 g/mol. The van der Waals surface area contributed by atoms with Gasteiger partial charge < -0.3 is 15.0 Å². The Hall–Kier alpha value is -2.74. The van der Waals surface area contributed by atoms with Crippen molar-refractivity contribution in [3.05, 3.63) is 47.0 Å². The Morgan fingerprint density at radius 3 is 2.93 bits per heavy atom. The minimum atomic E-state index is -3.40. The Morgan fingerprint density at radius 2 is 2.29 bits per heavy atom. The van der Waals surface area contributed by atoms with Crippen molar-refractivity contribution in [3.63, 3.8) is 0 Å². The third-order valence-electron chi connectivity index (χ3n) is 4.72. The number of aliphatic hydroxyl groups is 1. The highest BCUT2D eigenvalue weighted by Gasteiger charge is 2.32. The maximum atomic E-state index is 13.5. The summed E-state index contributed by atoms with van der Waals surface area (Å²) in [7, 11) is -1.79. The second kappa shape index (κ2) is 7.35. The number of nitrogens with one attached hydrogen (secondary N) is 3. The minimum Gasteiger partial charge on any atom is -0.392 e. The standard InChI is InChI=1S/C18H20FN5O3S/c1-10(25)15-6-4-13-16(28(21,27)23-15)9-24(2)17(13)18(26)22-12-3-5-14(19)11(7-12)8-20/h3,5,7,9-10,15,25H,4,6H2,1-2H3,(H,22,26)(H2,21,23,27). The minimum absolute atomic E-state index is 0.193. The van der Waals surface area contributed by atoms with Crippen molar-refractivity contribution >= 4 is 21.5 Å². The van der Waals surface area contributed by atoms with Crippen molar-refractivity contribution in [1.82, 2.24) is 9.29 Å². The van der Waals surface area contributed by atoms with Gasteiger partial charge in [0, 0.05) is 30.5 Å². The maximum Gasteiger partial charge on any atom is 0.272 e. The number of benzene rings is 1. The number of nitriles is 1. The number of aliphatic hydroxyl groups excluding tert-OH is 1. The molecular formula is C18H20FN5O3S. The van der Waals surface area contributed by atoms with Crippen molar-refractivity contribution in [2.24, 2.45) is 7.05 Å². The van der Waals surface area contributed by atoms with Crippen LogP contribution in [0, 0.1) is 21.9 Å². The van der Waals surface area contributed by atoms with Gasteiger partial charge in [-0.3, -0.25) is 4.79 Å². The van der Waals surface area contributed by atoms with Crippen molar-refractivity contribution in [1.29, 1.82) is 10.0 Å². The van der Waals surface area contributed by atoms with Crippen molar-refractivity contribution in [2.45, 2.75) is 36.8 Å². The molecule has 1 aliphatic heterocycles. The average Bonchev–Trinajstić information content (AvgIpc) is 2.90. The van der Waals surface area contributed by atoms with Gasteiger partial charge in [0.15, 0.2) is 0 Å². The number of hydrogen-bond donors (Lipinski definition) is 4. The summed E-state index contributed by atoms with van der Waals surface area (Å²) < 4.78 is 38.7. The van der Waals surface area contributed by atoms with Gasteiger partial charge in [-0.15, -0.1) is 0 Å². The second-order valence-electron chi connectivity index (χ2n) is 6.75. The molecule has 1 amide bonds. The molecule has 0 saturated heterocycles. The van der Waals surface area contributed by atoms with E-state index in [2.05, 4.69) is 10.0 Å². The number of aryl methyl sites for hydroxylation is 1. The summed E-state index contributed by atoms with van der Waals surface area (Å²) in [5.74, 6) is -1.21. The number of carbonyl (C=O) groups is 1. The largest absolute Gasteiger partial charge is 0.392 e. The second-order valence-corrected chi connectivity index (χ2v) is 8.54. The Labute approximate surface area is 162 Å². The highest BCUT2D eigenvalue weighted by molar-refractivity contribution is 7.90. The summed E-state index contributed by atoms with van der Waals surface area (Å²) in [6.07, 6.45) is 1.43. The molecule has 148 valence electrons. The molecular weight excluding hydrogens is 385 g/mol. The Bertz CT molecular complexity index is 1090. The summed E-state index contributed by atoms with van der Waals surface area (Å²) >= 11 is 0. The number of aromatic nitrogens is 1. The first-order chi connectivity index (χ1) is 13.1. The van der Waals surface area contributed by atoms with E-state index in [-0.39, 0.29) is 21.8 Å². The average molecular weight is 405 g/mol. The lowest BCUT2D eigenvalue weighted by Crippen LogP contribution is -2.40. The molecule has 28 heavy (non-hydrogen) atoms. The predicted octanol–water partition coefficient (Wildman–Crippen LogP) is 1.89. The highest BCUT2D eigenvalue weighted by Crippen LogP contribution is 2.29. The van der Waals surface area contributed by atoms with Crippen LogP contribution in [0.2, 0.25) is 0 Å². The Balaban J connectivity index is 1.98. The van der Waals surface area contributed by atoms with Gasteiger partial charge in [0.25, 0.3) is 5.91 Å². The van der Waals surface area contributed by atoms with Crippen LogP contribution in [-0.4, -0.2) is 31.9 Å². The molecule has 0 saturated carbocycles. The van der Waals surface area contributed by atoms with Gasteiger partial charge in [-0.25, -0.2) is 18.1 Å². The predicted molar refractivity (Wildman–Crippen MR) is 101 cm³/mol. The van der Waals surface area contributed by atoms with Crippen LogP contribution in [0.4, 0.5) is 10.1 Å². The van der Waals surface area contributed by atoms with Crippen LogP contribution in [0.5, 0.6) is 0 Å². The summed E-state index contributed by atoms with van der Waals surface area (Å²) in [6, 6.07) is 4.84. The van der Waals surface area contributed by atoms with Crippen LogP contribution in [0.15, 0.2) is 29.3 Å². The lowest BCUT2D eigenvalue weighted by molar-refractivity contribution is 0.101. The molecule has 2 heterocycles. The zero-order chi connectivity index (χ0) is 20.6. The van der Waals surface area contributed by atoms with Crippen LogP contribution in [0.3, 0.4) is 0 Å². The molecule has 1 aromatic heterocycles. The molecule has 3 atom stereocenters. The molecule has 1 aliphatic rings. The van der Waals surface area contributed by atoms with Crippen molar-refractivity contribution in [3.8, 4) is 6.07 Å². The summed E-state index contributed by atoms with van der Waals surface area (Å²) in [6.45, 7) is 1.55. The van der Waals surface area contributed by atoms with E-state index in [9.17, 15) is 18.5 Å². The van der Waals surface area contributed by atoms with Crippen LogP contribution in [-0.2, 0) is 23.4 Å². The fraction of sp³-hybridized carbons (Fsp3) is 0.333. The van der Waals surface area contributed by atoms with Gasteiger partial charge in [-0.1, -0.05) is 0 Å². The van der Waals surface area contributed by atoms with Crippen molar-refractivity contribution < 1.29 is 18.5 Å². The highest BCUT2D eigenvalue weighted by atomic mass is 32.2. The number of rotatable bonds is 3. The molecule has 0 fully saturated rings. The Kier molecular flexibility index (Phi) is 5.25. The van der Waals surface area contributed by atoms with E-state index in [1.165, 1.54) is 22.9 Å². The molecule has 8 nitrogen and oxygen atoms in total. The molecule has 10 heteroatoms. The number of amides is 1. The molecule has 0 bridgehead atoms. The third-order valence-corrected chi connectivity index (χ3v) is 6.33. The van der Waals surface area contributed by atoms with Crippen LogP contribution >= 0.6 is 0 Å². The summed E-state index contributed by atoms with van der Waals surface area (Å²) in [5.41, 5.74) is 0.754. The lowest BCUT2D eigenvalue weighted by Gasteiger charge is -2.19. The van der Waals surface area contributed by atoms with E-state index in [4.69, 9.17) is 10.0 Å². The first-order valence-corrected chi connectivity index (χ1v) is 10.1. The van der Waals surface area contributed by atoms with Gasteiger partial charge >= 0.3 is 0 Å². The molecule has 2 aromatic rings. The van der Waals surface area contributed by atoms with Crippen LogP contribution in [0.1, 0.15) is 35.0 Å². The zero-order valence-corrected chi connectivity index (χ0v) is 16.1. The molecule has 0 spiro atoms. The number of nitrogens with zero attached hydrogens (tertiary/aromatic N) is 2. The summed E-state index contributed by atoms with van der Waals surface area (Å²) in [4.78, 5) is 13.1. The smallest absolute Gasteiger partial charge is 0.272 e. The summed E-state index contributed by atoms with van der Waals surface area (Å²) in [5, 5.41) is 21.4. The topological polar surface area (TPSA) is 131 Å². The molecule has 4 N–H and O–H groups in total. The van der Waals surface area contributed by atoms with Crippen molar-refractivity contribution in [2.75, 3.05) is 5.32 Å². The number of carbonyl (C=O) groups excluding carboxylic acids is 1. The molecule has 3 unspecified atom stereocenters. The molecule has 0 aliphatic carbocycles. The first-order valence-electron chi connectivity index (χ1n) is 8.57. The van der Waals surface area contributed by atoms with E-state index in [1.54, 1.807) is 20.0 Å². The van der Waals surface area contributed by atoms with E-state index >= 15 is 0 Å². The molecule has 3 rings (SSSR count). The van der Waals surface area contributed by atoms with Gasteiger partial charge in [-0.2, -0.15) is 5.26 Å². The fourth-order valence-corrected chi connectivity index (χ4v) is 5.01. The van der Waals surface area contributed by atoms with E-state index in [1.807, 2.05) is 0 Å². The van der Waals surface area contributed by atoms with Gasteiger partial charge in [0.1, 0.15) is 27.5 Å². The number of hydrogen-bond acceptors (Lipinski definition) is 5. The lowest BCUT2D eigenvalue weighted by atomic mass is 10.0. The fourth-order valence-electron chi connectivity index (χ4n) is 3.29. The van der Waals surface area contributed by atoms with Gasteiger partial charge in [0.05, 0.1) is 16.6 Å². The normalized spacial score (nSPS) is 22.6. The zero-order valence-electron chi connectivity index (χ0n) is 15.3. The quantitative estimate of drug-likeness (QED) is 0.621. The Morgan fingerprint density at radius 1 is 1.57 bits per heavy atom. The maximum absolute atomic E-state index is 13.5. The number of fused-ring (bicyclic) bond motifs is 1. The van der Waals surface area contributed by atoms with Gasteiger partial charge in [0.2, 0.25) is 0 Å². The first kappa shape index (κ1) is 20.0. The molecule has 0 radical (unpaired) electrons. The van der Waals surface area contributed by atoms with Crippen LogP contribution < -0.4 is 10.0 Å². The van der Waals surface area contributed by atoms with E-state index in [0.29, 0.717) is 18.4 Å². The van der Waals surface area contributed by atoms with E-state index < -0.39 is 33.8 Å². The number of anilines is 1. The van der Waals surface area contributed by atoms with E-state index in [0.717, 1.165) is 6.07 Å². The molecule has 1 aromatic carbocycles. The number of halogens is 1. The van der Waals surface area contributed by atoms with Gasteiger partial charge in [-0.05, 0) is 38.0 Å². The third kappa shape index (κ3) is 3.64. The van der Waals surface area contributed by atoms with Crippen LogP contribution in [0.25, 0.3) is 0 Å². The SMILES string of the molecule is CC(O)C1CCc2c(cn(C)c2C(=O)Nc2ccc(F)c(C#N)c2)S(=N)(=O)N1.